The Morgan fingerprint density at radius 2 is 1.35 bits per heavy atom. The molecule has 0 fully saturated rings. The average molecular weight is 336 g/mol. The van der Waals surface area contributed by atoms with E-state index < -0.39 is 0 Å². The molecule has 0 atom stereocenters. The summed E-state index contributed by atoms with van der Waals surface area (Å²) in [5.41, 5.74) is 3.70. The minimum absolute atomic E-state index is 0.834. The first-order chi connectivity index (χ1) is 12.8. The van der Waals surface area contributed by atoms with Gasteiger partial charge in [-0.05, 0) is 70.1 Å². The van der Waals surface area contributed by atoms with Crippen LogP contribution in [0, 0.1) is 0 Å². The lowest BCUT2D eigenvalue weighted by Gasteiger charge is -2.07. The van der Waals surface area contributed by atoms with Crippen LogP contribution < -0.4 is 4.74 Å². The number of hydrogen-bond acceptors (Lipinski definition) is 3. The zero-order chi connectivity index (χ0) is 17.5. The van der Waals surface area contributed by atoms with Crippen molar-refractivity contribution in [2.45, 2.75) is 0 Å². The highest BCUT2D eigenvalue weighted by Crippen LogP contribution is 2.27. The summed E-state index contributed by atoms with van der Waals surface area (Å²) in [5.74, 6) is 0.834. The highest BCUT2D eigenvalue weighted by molar-refractivity contribution is 6.03. The molecule has 1 aromatic heterocycles. The molecule has 26 heavy (non-hydrogen) atoms. The summed E-state index contributed by atoms with van der Waals surface area (Å²) in [7, 11) is 1.67. The van der Waals surface area contributed by atoms with E-state index >= 15 is 0 Å². The largest absolute Gasteiger partial charge is 0.497 e. The van der Waals surface area contributed by atoms with Crippen LogP contribution >= 0.6 is 0 Å². The SMILES string of the molecule is COc1ccc(-c2cnc3cc4cc5ccccc5cc4cc3n2)cc1. The van der Waals surface area contributed by atoms with Crippen molar-refractivity contribution in [1.29, 1.82) is 0 Å². The molecule has 3 heteroatoms. The molecule has 0 aliphatic heterocycles. The number of ether oxygens (including phenoxy) is 1. The summed E-state index contributed by atoms with van der Waals surface area (Å²) < 4.78 is 5.22. The zero-order valence-electron chi connectivity index (χ0n) is 14.3. The van der Waals surface area contributed by atoms with E-state index in [1.165, 1.54) is 21.5 Å². The second-order valence-corrected chi connectivity index (χ2v) is 6.37. The molecule has 5 aromatic rings. The predicted molar refractivity (Wildman–Crippen MR) is 107 cm³/mol. The van der Waals surface area contributed by atoms with E-state index in [0.29, 0.717) is 0 Å². The summed E-state index contributed by atoms with van der Waals surface area (Å²) in [4.78, 5) is 9.46. The van der Waals surface area contributed by atoms with Crippen LogP contribution in [0.4, 0.5) is 0 Å². The molecular formula is C23H16N2O. The van der Waals surface area contributed by atoms with Crippen molar-refractivity contribution in [3.8, 4) is 17.0 Å². The first kappa shape index (κ1) is 14.8. The molecule has 124 valence electrons. The van der Waals surface area contributed by atoms with Gasteiger partial charge in [-0.2, -0.15) is 0 Å². The van der Waals surface area contributed by atoms with Crippen molar-refractivity contribution in [3.05, 3.63) is 79.0 Å². The third kappa shape index (κ3) is 2.45. The van der Waals surface area contributed by atoms with Crippen LogP contribution in [0.3, 0.4) is 0 Å². The molecule has 0 saturated heterocycles. The molecule has 0 bridgehead atoms. The molecule has 4 aromatic carbocycles. The number of nitrogens with zero attached hydrogens (tertiary/aromatic N) is 2. The maximum Gasteiger partial charge on any atom is 0.118 e. The van der Waals surface area contributed by atoms with Gasteiger partial charge in [0, 0.05) is 5.56 Å². The van der Waals surface area contributed by atoms with Gasteiger partial charge in [0.2, 0.25) is 0 Å². The normalized spacial score (nSPS) is 11.3. The molecule has 5 rings (SSSR count). The molecule has 0 N–H and O–H groups in total. The van der Waals surface area contributed by atoms with Crippen LogP contribution in [-0.2, 0) is 0 Å². The van der Waals surface area contributed by atoms with Gasteiger partial charge in [-0.1, -0.05) is 24.3 Å². The zero-order valence-corrected chi connectivity index (χ0v) is 14.3. The van der Waals surface area contributed by atoms with Crippen LogP contribution in [0.2, 0.25) is 0 Å². The van der Waals surface area contributed by atoms with E-state index in [1.807, 2.05) is 30.5 Å². The van der Waals surface area contributed by atoms with Crippen molar-refractivity contribution in [2.24, 2.45) is 0 Å². The molecule has 0 radical (unpaired) electrons. The monoisotopic (exact) mass is 336 g/mol. The molecular weight excluding hydrogens is 320 g/mol. The van der Waals surface area contributed by atoms with Gasteiger partial charge < -0.3 is 4.74 Å². The van der Waals surface area contributed by atoms with Crippen LogP contribution in [0.1, 0.15) is 0 Å². The predicted octanol–water partition coefficient (Wildman–Crippen LogP) is 5.61. The summed E-state index contributed by atoms with van der Waals surface area (Å²) >= 11 is 0. The number of aromatic nitrogens is 2. The van der Waals surface area contributed by atoms with E-state index in [1.54, 1.807) is 7.11 Å². The van der Waals surface area contributed by atoms with Crippen LogP contribution in [0.5, 0.6) is 5.75 Å². The van der Waals surface area contributed by atoms with Gasteiger partial charge in [0.05, 0.1) is 30.0 Å². The smallest absolute Gasteiger partial charge is 0.118 e. The second-order valence-electron chi connectivity index (χ2n) is 6.37. The quantitative estimate of drug-likeness (QED) is 0.393. The van der Waals surface area contributed by atoms with Gasteiger partial charge in [-0.15, -0.1) is 0 Å². The molecule has 0 spiro atoms. The van der Waals surface area contributed by atoms with Gasteiger partial charge in [0.1, 0.15) is 5.75 Å². The fraction of sp³-hybridized carbons (Fsp3) is 0.0435. The first-order valence-electron chi connectivity index (χ1n) is 8.54. The Morgan fingerprint density at radius 3 is 2.00 bits per heavy atom. The number of fused-ring (bicyclic) bond motifs is 3. The van der Waals surface area contributed by atoms with Crippen molar-refractivity contribution in [2.75, 3.05) is 7.11 Å². The lowest BCUT2D eigenvalue weighted by Crippen LogP contribution is -1.90. The highest BCUT2D eigenvalue weighted by Gasteiger charge is 2.06. The molecule has 1 heterocycles. The van der Waals surface area contributed by atoms with Gasteiger partial charge in [-0.25, -0.2) is 4.98 Å². The number of benzene rings is 4. The summed E-state index contributed by atoms with van der Waals surface area (Å²) in [6, 6.07) is 24.9. The maximum atomic E-state index is 5.22. The van der Waals surface area contributed by atoms with Gasteiger partial charge >= 0.3 is 0 Å². The standard InChI is InChI=1S/C23H16N2O/c1-26-20-8-6-15(7-9-20)23-14-24-21-12-18-10-16-4-2-3-5-17(16)11-19(18)13-22(21)25-23/h2-14H,1H3. The lowest BCUT2D eigenvalue weighted by molar-refractivity contribution is 0.415. The fourth-order valence-corrected chi connectivity index (χ4v) is 3.35. The van der Waals surface area contributed by atoms with Crippen molar-refractivity contribution in [3.63, 3.8) is 0 Å². The highest BCUT2D eigenvalue weighted by atomic mass is 16.5. The van der Waals surface area contributed by atoms with E-state index in [9.17, 15) is 0 Å². The third-order valence-corrected chi connectivity index (χ3v) is 4.75. The van der Waals surface area contributed by atoms with Gasteiger partial charge in [0.15, 0.2) is 0 Å². The minimum Gasteiger partial charge on any atom is -0.497 e. The van der Waals surface area contributed by atoms with Gasteiger partial charge in [-0.3, -0.25) is 4.98 Å². The van der Waals surface area contributed by atoms with Gasteiger partial charge in [0.25, 0.3) is 0 Å². The van der Waals surface area contributed by atoms with Crippen LogP contribution in [0.25, 0.3) is 43.8 Å². The van der Waals surface area contributed by atoms with E-state index in [4.69, 9.17) is 9.72 Å². The number of rotatable bonds is 2. The Morgan fingerprint density at radius 1 is 0.692 bits per heavy atom. The molecule has 0 saturated carbocycles. The van der Waals surface area contributed by atoms with Crippen molar-refractivity contribution >= 4 is 32.6 Å². The van der Waals surface area contributed by atoms with Crippen LogP contribution in [-0.4, -0.2) is 17.1 Å². The Bertz CT molecular complexity index is 1260. The third-order valence-electron chi connectivity index (χ3n) is 4.75. The fourth-order valence-electron chi connectivity index (χ4n) is 3.35. The average Bonchev–Trinajstić information content (AvgIpc) is 2.70. The number of methoxy groups -OCH3 is 1. The van der Waals surface area contributed by atoms with E-state index in [-0.39, 0.29) is 0 Å². The molecule has 0 amide bonds. The maximum absolute atomic E-state index is 5.22. The Balaban J connectivity index is 1.68. The molecule has 0 aliphatic rings. The summed E-state index contributed by atoms with van der Waals surface area (Å²) in [6.45, 7) is 0. The topological polar surface area (TPSA) is 35.0 Å². The Hall–Kier alpha value is -3.46. The summed E-state index contributed by atoms with van der Waals surface area (Å²) in [5, 5.41) is 4.83. The van der Waals surface area contributed by atoms with Crippen LogP contribution in [0.15, 0.2) is 79.0 Å². The van der Waals surface area contributed by atoms with E-state index in [2.05, 4.69) is 53.5 Å². The number of hydrogen-bond donors (Lipinski definition) is 0. The van der Waals surface area contributed by atoms with Crippen molar-refractivity contribution < 1.29 is 4.74 Å². The Labute approximate surface area is 150 Å². The first-order valence-corrected chi connectivity index (χ1v) is 8.54. The molecule has 3 nitrogen and oxygen atoms in total. The molecule has 0 aliphatic carbocycles. The second kappa shape index (κ2) is 5.81. The Kier molecular flexibility index (Phi) is 3.32. The van der Waals surface area contributed by atoms with E-state index in [0.717, 1.165) is 28.0 Å². The molecule has 0 unspecified atom stereocenters. The van der Waals surface area contributed by atoms with Crippen molar-refractivity contribution in [1.82, 2.24) is 9.97 Å². The lowest BCUT2D eigenvalue weighted by atomic mass is 10.0. The summed E-state index contributed by atoms with van der Waals surface area (Å²) in [6.07, 6.45) is 1.83. The minimum atomic E-state index is 0.834.